The fourth-order valence-corrected chi connectivity index (χ4v) is 3.19. The normalized spacial score (nSPS) is 21.3. The zero-order valence-corrected chi connectivity index (χ0v) is 12.7. The summed E-state index contributed by atoms with van der Waals surface area (Å²) < 4.78 is 0. The van der Waals surface area contributed by atoms with Crippen molar-refractivity contribution in [3.8, 4) is 0 Å². The molecule has 1 saturated heterocycles. The van der Waals surface area contributed by atoms with E-state index in [9.17, 15) is 4.79 Å². The van der Waals surface area contributed by atoms with Crippen molar-refractivity contribution in [3.05, 3.63) is 0 Å². The minimum absolute atomic E-state index is 0.382. The van der Waals surface area contributed by atoms with Gasteiger partial charge in [-0.25, -0.2) is 0 Å². The van der Waals surface area contributed by atoms with Crippen LogP contribution in [0.2, 0.25) is 0 Å². The average molecular weight is 304 g/mol. The summed E-state index contributed by atoms with van der Waals surface area (Å²) >= 11 is 3.55. The Morgan fingerprint density at radius 3 is 2.76 bits per heavy atom. The monoisotopic (exact) mass is 303 g/mol. The van der Waals surface area contributed by atoms with E-state index >= 15 is 0 Å². The second-order valence-corrected chi connectivity index (χ2v) is 5.70. The summed E-state index contributed by atoms with van der Waals surface area (Å²) in [6.45, 7) is 3.18. The van der Waals surface area contributed by atoms with Crippen LogP contribution < -0.4 is 0 Å². The average Bonchev–Trinajstić information content (AvgIpc) is 2.59. The first kappa shape index (κ1) is 15.0. The number of likely N-dealkylation sites (tertiary alicyclic amines) is 1. The maximum Gasteiger partial charge on any atom is 0.222 e. The van der Waals surface area contributed by atoms with Gasteiger partial charge in [-0.2, -0.15) is 0 Å². The third kappa shape index (κ3) is 5.41. The third-order valence-electron chi connectivity index (χ3n) is 3.62. The summed E-state index contributed by atoms with van der Waals surface area (Å²) in [6.07, 6.45) is 10.4. The number of hydrogen-bond donors (Lipinski definition) is 0. The lowest BCUT2D eigenvalue weighted by Crippen LogP contribution is -2.40. The van der Waals surface area contributed by atoms with E-state index in [1.807, 2.05) is 0 Å². The molecule has 0 aliphatic carbocycles. The van der Waals surface area contributed by atoms with Crippen molar-refractivity contribution in [2.75, 3.05) is 11.9 Å². The van der Waals surface area contributed by atoms with E-state index in [0.717, 1.165) is 24.7 Å². The number of halogens is 1. The smallest absolute Gasteiger partial charge is 0.222 e. The van der Waals surface area contributed by atoms with Crippen LogP contribution in [0.5, 0.6) is 0 Å². The van der Waals surface area contributed by atoms with Gasteiger partial charge in [0.15, 0.2) is 0 Å². The standard InChI is InChI=1S/C14H26BrNO/c1-2-3-4-7-10-14(17)16-11-8-5-6-9-13(16)12-15/h13H,2-12H2,1H3. The molecular weight excluding hydrogens is 278 g/mol. The van der Waals surface area contributed by atoms with Crippen molar-refractivity contribution >= 4 is 21.8 Å². The molecule has 1 rings (SSSR count). The lowest BCUT2D eigenvalue weighted by atomic mass is 10.1. The molecule has 0 N–H and O–H groups in total. The van der Waals surface area contributed by atoms with Crippen molar-refractivity contribution in [1.82, 2.24) is 4.90 Å². The minimum atomic E-state index is 0.382. The molecule has 3 heteroatoms. The number of alkyl halides is 1. The van der Waals surface area contributed by atoms with Gasteiger partial charge in [0.2, 0.25) is 5.91 Å². The lowest BCUT2D eigenvalue weighted by Gasteiger charge is -2.28. The number of nitrogens with zero attached hydrogens (tertiary/aromatic N) is 1. The molecule has 1 aliphatic heterocycles. The molecule has 0 aromatic carbocycles. The van der Waals surface area contributed by atoms with Gasteiger partial charge in [0, 0.05) is 24.3 Å². The number of amides is 1. The summed E-state index contributed by atoms with van der Waals surface area (Å²) in [5.41, 5.74) is 0. The molecular formula is C14H26BrNO. The Hall–Kier alpha value is -0.0500. The van der Waals surface area contributed by atoms with Crippen LogP contribution in [-0.2, 0) is 4.79 Å². The quantitative estimate of drug-likeness (QED) is 0.534. The highest BCUT2D eigenvalue weighted by Crippen LogP contribution is 2.20. The van der Waals surface area contributed by atoms with Crippen molar-refractivity contribution in [2.24, 2.45) is 0 Å². The zero-order chi connectivity index (χ0) is 12.5. The zero-order valence-electron chi connectivity index (χ0n) is 11.1. The van der Waals surface area contributed by atoms with E-state index in [1.54, 1.807) is 0 Å². The summed E-state index contributed by atoms with van der Waals surface area (Å²) in [7, 11) is 0. The van der Waals surface area contributed by atoms with Gasteiger partial charge in [-0.3, -0.25) is 4.79 Å². The highest BCUT2D eigenvalue weighted by Gasteiger charge is 2.23. The Balaban J connectivity index is 2.35. The predicted molar refractivity (Wildman–Crippen MR) is 76.5 cm³/mol. The van der Waals surface area contributed by atoms with E-state index in [4.69, 9.17) is 0 Å². The van der Waals surface area contributed by atoms with Gasteiger partial charge in [0.1, 0.15) is 0 Å². The fourth-order valence-electron chi connectivity index (χ4n) is 2.51. The topological polar surface area (TPSA) is 20.3 Å². The summed E-state index contributed by atoms with van der Waals surface area (Å²) in [5, 5.41) is 0.938. The van der Waals surface area contributed by atoms with Gasteiger partial charge in [0.05, 0.1) is 0 Å². The van der Waals surface area contributed by atoms with E-state index < -0.39 is 0 Å². The molecule has 0 bridgehead atoms. The largest absolute Gasteiger partial charge is 0.339 e. The molecule has 1 heterocycles. The molecule has 100 valence electrons. The molecule has 1 unspecified atom stereocenters. The van der Waals surface area contributed by atoms with Gasteiger partial charge in [0.25, 0.3) is 0 Å². The number of carbonyl (C=O) groups excluding carboxylic acids is 1. The molecule has 0 radical (unpaired) electrons. The maximum atomic E-state index is 12.2. The van der Waals surface area contributed by atoms with Gasteiger partial charge in [-0.15, -0.1) is 0 Å². The molecule has 1 atom stereocenters. The Morgan fingerprint density at radius 1 is 1.24 bits per heavy atom. The fraction of sp³-hybridized carbons (Fsp3) is 0.929. The summed E-state index contributed by atoms with van der Waals surface area (Å²) in [4.78, 5) is 14.3. The van der Waals surface area contributed by atoms with Crippen LogP contribution in [0.25, 0.3) is 0 Å². The highest BCUT2D eigenvalue weighted by molar-refractivity contribution is 9.09. The maximum absolute atomic E-state index is 12.2. The van der Waals surface area contributed by atoms with Crippen LogP contribution in [0, 0.1) is 0 Å². The van der Waals surface area contributed by atoms with Crippen molar-refractivity contribution in [1.29, 1.82) is 0 Å². The Kier molecular flexibility index (Phi) is 7.91. The van der Waals surface area contributed by atoms with E-state index in [2.05, 4.69) is 27.8 Å². The van der Waals surface area contributed by atoms with Gasteiger partial charge >= 0.3 is 0 Å². The third-order valence-corrected chi connectivity index (χ3v) is 4.37. The molecule has 2 nitrogen and oxygen atoms in total. The number of carbonyl (C=O) groups is 1. The Labute approximate surface area is 114 Å². The first-order chi connectivity index (χ1) is 8.29. The predicted octanol–water partition coefficient (Wildman–Crippen LogP) is 4.12. The lowest BCUT2D eigenvalue weighted by molar-refractivity contribution is -0.133. The molecule has 0 aromatic heterocycles. The van der Waals surface area contributed by atoms with Crippen LogP contribution in [0.3, 0.4) is 0 Å². The molecule has 1 aliphatic rings. The van der Waals surface area contributed by atoms with Crippen LogP contribution in [0.15, 0.2) is 0 Å². The number of unbranched alkanes of at least 4 members (excludes halogenated alkanes) is 3. The molecule has 0 aromatic rings. The molecule has 1 amide bonds. The SMILES string of the molecule is CCCCCCC(=O)N1CCCCCC1CBr. The van der Waals surface area contributed by atoms with Crippen LogP contribution in [0.4, 0.5) is 0 Å². The number of hydrogen-bond acceptors (Lipinski definition) is 1. The van der Waals surface area contributed by atoms with Crippen LogP contribution in [-0.4, -0.2) is 28.7 Å². The second kappa shape index (κ2) is 8.96. The van der Waals surface area contributed by atoms with Gasteiger partial charge in [-0.1, -0.05) is 55.0 Å². The minimum Gasteiger partial charge on any atom is -0.339 e. The molecule has 0 spiro atoms. The number of rotatable bonds is 6. The summed E-state index contributed by atoms with van der Waals surface area (Å²) in [6, 6.07) is 0.441. The molecule has 17 heavy (non-hydrogen) atoms. The van der Waals surface area contributed by atoms with Gasteiger partial charge < -0.3 is 4.90 Å². The molecule has 0 saturated carbocycles. The highest BCUT2D eigenvalue weighted by atomic mass is 79.9. The Morgan fingerprint density at radius 2 is 2.06 bits per heavy atom. The summed E-state index contributed by atoms with van der Waals surface area (Å²) in [5.74, 6) is 0.382. The van der Waals surface area contributed by atoms with E-state index in [-0.39, 0.29) is 0 Å². The van der Waals surface area contributed by atoms with Crippen molar-refractivity contribution < 1.29 is 4.79 Å². The van der Waals surface area contributed by atoms with Gasteiger partial charge in [-0.05, 0) is 19.3 Å². The first-order valence-corrected chi connectivity index (χ1v) is 8.27. The Bertz CT molecular complexity index is 220. The van der Waals surface area contributed by atoms with Crippen LogP contribution >= 0.6 is 15.9 Å². The van der Waals surface area contributed by atoms with Crippen LogP contribution in [0.1, 0.15) is 64.7 Å². The first-order valence-electron chi connectivity index (χ1n) is 7.15. The molecule has 1 fully saturated rings. The van der Waals surface area contributed by atoms with Crippen molar-refractivity contribution in [3.63, 3.8) is 0 Å². The van der Waals surface area contributed by atoms with E-state index in [0.29, 0.717) is 11.9 Å². The van der Waals surface area contributed by atoms with Crippen molar-refractivity contribution in [2.45, 2.75) is 70.8 Å². The van der Waals surface area contributed by atoms with E-state index in [1.165, 1.54) is 44.9 Å². The second-order valence-electron chi connectivity index (χ2n) is 5.06.